The van der Waals surface area contributed by atoms with Crippen LogP contribution in [0.5, 0.6) is 0 Å². The van der Waals surface area contributed by atoms with Crippen LogP contribution in [0.2, 0.25) is 0 Å². The van der Waals surface area contributed by atoms with Gasteiger partial charge in [0.05, 0.1) is 11.5 Å². The third-order valence-corrected chi connectivity index (χ3v) is 4.89. The highest BCUT2D eigenvalue weighted by atomic mass is 16.4. The highest BCUT2D eigenvalue weighted by molar-refractivity contribution is 5.95. The van der Waals surface area contributed by atoms with E-state index in [1.807, 2.05) is 36.4 Å². The lowest BCUT2D eigenvalue weighted by atomic mass is 9.98. The summed E-state index contributed by atoms with van der Waals surface area (Å²) in [6.45, 7) is 2.52. The fourth-order valence-corrected chi connectivity index (χ4v) is 3.51. The maximum absolute atomic E-state index is 12.1. The van der Waals surface area contributed by atoms with Gasteiger partial charge >= 0.3 is 5.97 Å². The van der Waals surface area contributed by atoms with Gasteiger partial charge < -0.3 is 10.0 Å². The van der Waals surface area contributed by atoms with Gasteiger partial charge in [-0.1, -0.05) is 42.5 Å². The third-order valence-electron chi connectivity index (χ3n) is 4.89. The van der Waals surface area contributed by atoms with Crippen LogP contribution in [-0.4, -0.2) is 54.0 Å². The molecule has 1 amide bonds. The van der Waals surface area contributed by atoms with Crippen LogP contribution in [-0.2, 0) is 11.3 Å². The minimum atomic E-state index is -0.918. The molecular weight excluding hydrogens is 328 g/mol. The van der Waals surface area contributed by atoms with Crippen molar-refractivity contribution in [3.8, 4) is 11.1 Å². The van der Waals surface area contributed by atoms with E-state index in [2.05, 4.69) is 4.90 Å². The molecule has 1 N–H and O–H groups in total. The fraction of sp³-hybridized carbons (Fsp3) is 0.333. The first-order valence-electron chi connectivity index (χ1n) is 8.81. The number of aromatic carboxylic acids is 1. The molecule has 0 unspecified atom stereocenters. The first-order chi connectivity index (χ1) is 12.5. The number of carboxylic acid groups (broad SMARTS) is 1. The van der Waals surface area contributed by atoms with Gasteiger partial charge in [-0.2, -0.15) is 0 Å². The molecule has 0 aromatic heterocycles. The Balaban J connectivity index is 1.68. The van der Waals surface area contributed by atoms with Gasteiger partial charge in [0.15, 0.2) is 0 Å². The number of hydrogen-bond acceptors (Lipinski definition) is 3. The van der Waals surface area contributed by atoms with Crippen molar-refractivity contribution in [2.75, 3.05) is 27.2 Å². The first-order valence-corrected chi connectivity index (χ1v) is 8.81. The Morgan fingerprint density at radius 3 is 2.46 bits per heavy atom. The van der Waals surface area contributed by atoms with Crippen molar-refractivity contribution in [1.29, 1.82) is 0 Å². The first kappa shape index (κ1) is 18.1. The van der Waals surface area contributed by atoms with E-state index in [4.69, 9.17) is 0 Å². The van der Waals surface area contributed by atoms with E-state index in [-0.39, 0.29) is 11.8 Å². The maximum Gasteiger partial charge on any atom is 0.336 e. The number of benzene rings is 2. The van der Waals surface area contributed by atoms with Gasteiger partial charge in [0.25, 0.3) is 0 Å². The topological polar surface area (TPSA) is 60.9 Å². The number of hydrogen-bond donors (Lipinski definition) is 1. The molecule has 1 fully saturated rings. The van der Waals surface area contributed by atoms with Gasteiger partial charge in [0.1, 0.15) is 0 Å². The van der Waals surface area contributed by atoms with E-state index < -0.39 is 5.97 Å². The third kappa shape index (κ3) is 3.94. The lowest BCUT2D eigenvalue weighted by Crippen LogP contribution is -2.31. The van der Waals surface area contributed by atoms with Crippen LogP contribution in [0.1, 0.15) is 22.3 Å². The van der Waals surface area contributed by atoms with E-state index in [1.165, 1.54) is 5.56 Å². The molecule has 136 valence electrons. The number of likely N-dealkylation sites (tertiary alicyclic amines) is 1. The Bertz CT molecular complexity index is 799. The molecule has 0 spiro atoms. The van der Waals surface area contributed by atoms with Gasteiger partial charge in [-0.15, -0.1) is 0 Å². The van der Waals surface area contributed by atoms with Crippen molar-refractivity contribution in [3.05, 3.63) is 59.7 Å². The second kappa shape index (κ2) is 7.70. The number of amides is 1. The summed E-state index contributed by atoms with van der Waals surface area (Å²) in [6, 6.07) is 15.0. The van der Waals surface area contributed by atoms with E-state index >= 15 is 0 Å². The molecule has 3 rings (SSSR count). The van der Waals surface area contributed by atoms with Gasteiger partial charge in [-0.3, -0.25) is 9.69 Å². The Morgan fingerprint density at radius 2 is 1.81 bits per heavy atom. The molecule has 5 heteroatoms. The highest BCUT2D eigenvalue weighted by Crippen LogP contribution is 2.25. The lowest BCUT2D eigenvalue weighted by Gasteiger charge is -2.18. The van der Waals surface area contributed by atoms with Crippen molar-refractivity contribution in [1.82, 2.24) is 9.80 Å². The predicted octanol–water partition coefficient (Wildman–Crippen LogP) is 2.96. The second-order valence-corrected chi connectivity index (χ2v) is 7.00. The van der Waals surface area contributed by atoms with Crippen LogP contribution >= 0.6 is 0 Å². The summed E-state index contributed by atoms with van der Waals surface area (Å²) >= 11 is 0. The molecule has 2 aromatic rings. The van der Waals surface area contributed by atoms with Crippen molar-refractivity contribution < 1.29 is 14.7 Å². The Labute approximate surface area is 153 Å². The molecular formula is C21H24N2O3. The minimum Gasteiger partial charge on any atom is -0.478 e. The van der Waals surface area contributed by atoms with Gasteiger partial charge in [0.2, 0.25) is 5.91 Å². The number of nitrogens with zero attached hydrogens (tertiary/aromatic N) is 2. The molecule has 1 saturated heterocycles. The summed E-state index contributed by atoms with van der Waals surface area (Å²) in [6.07, 6.45) is 0.904. The molecule has 1 aliphatic rings. The van der Waals surface area contributed by atoms with Gasteiger partial charge in [-0.05, 0) is 35.7 Å². The summed E-state index contributed by atoms with van der Waals surface area (Å²) in [5, 5.41) is 9.34. The zero-order chi connectivity index (χ0) is 18.7. The average molecular weight is 352 g/mol. The Morgan fingerprint density at radius 1 is 1.12 bits per heavy atom. The quantitative estimate of drug-likeness (QED) is 0.899. The molecule has 1 heterocycles. The number of carbonyl (C=O) groups excluding carboxylic acids is 1. The monoisotopic (exact) mass is 352 g/mol. The van der Waals surface area contributed by atoms with Crippen LogP contribution in [0.4, 0.5) is 0 Å². The van der Waals surface area contributed by atoms with Gasteiger partial charge in [0, 0.05) is 27.2 Å². The molecule has 5 nitrogen and oxygen atoms in total. The summed E-state index contributed by atoms with van der Waals surface area (Å²) in [7, 11) is 3.61. The summed E-state index contributed by atoms with van der Waals surface area (Å²) in [5.74, 6) is -0.627. The molecule has 26 heavy (non-hydrogen) atoms. The predicted molar refractivity (Wildman–Crippen MR) is 101 cm³/mol. The van der Waals surface area contributed by atoms with Crippen LogP contribution in [0.25, 0.3) is 11.1 Å². The van der Waals surface area contributed by atoms with E-state index in [0.29, 0.717) is 5.56 Å². The van der Waals surface area contributed by atoms with Crippen molar-refractivity contribution in [2.24, 2.45) is 5.92 Å². The zero-order valence-electron chi connectivity index (χ0n) is 15.2. The Hall–Kier alpha value is -2.66. The fourth-order valence-electron chi connectivity index (χ4n) is 3.51. The number of carbonyl (C=O) groups is 2. The minimum absolute atomic E-state index is 0.0896. The Kier molecular flexibility index (Phi) is 5.38. The molecule has 2 aromatic carbocycles. The standard InChI is InChI=1S/C21H24N2O3/c1-22(2)20(24)17-11-12-23(14-17)13-15-7-9-16(10-8-15)18-5-3-4-6-19(18)21(25)26/h3-10,17H,11-14H2,1-2H3,(H,25,26)/t17-/m0/s1. The molecule has 1 aliphatic heterocycles. The van der Waals surface area contributed by atoms with Crippen molar-refractivity contribution >= 4 is 11.9 Å². The van der Waals surface area contributed by atoms with Gasteiger partial charge in [-0.25, -0.2) is 4.79 Å². The largest absolute Gasteiger partial charge is 0.478 e. The van der Waals surface area contributed by atoms with Crippen molar-refractivity contribution in [2.45, 2.75) is 13.0 Å². The lowest BCUT2D eigenvalue weighted by molar-refractivity contribution is -0.132. The SMILES string of the molecule is CN(C)C(=O)[C@H]1CCN(Cc2ccc(-c3ccccc3C(=O)O)cc2)C1. The summed E-state index contributed by atoms with van der Waals surface area (Å²) in [5.41, 5.74) is 3.10. The van der Waals surface area contributed by atoms with E-state index in [1.54, 1.807) is 31.1 Å². The van der Waals surface area contributed by atoms with Crippen LogP contribution in [0.3, 0.4) is 0 Å². The van der Waals surface area contributed by atoms with Crippen molar-refractivity contribution in [3.63, 3.8) is 0 Å². The summed E-state index contributed by atoms with van der Waals surface area (Å²) < 4.78 is 0. The molecule has 0 bridgehead atoms. The highest BCUT2D eigenvalue weighted by Gasteiger charge is 2.29. The second-order valence-electron chi connectivity index (χ2n) is 7.00. The number of carboxylic acids is 1. The smallest absolute Gasteiger partial charge is 0.336 e. The zero-order valence-corrected chi connectivity index (χ0v) is 15.2. The number of rotatable bonds is 5. The molecule has 0 aliphatic carbocycles. The van der Waals surface area contributed by atoms with E-state index in [0.717, 1.165) is 37.2 Å². The summed E-state index contributed by atoms with van der Waals surface area (Å²) in [4.78, 5) is 27.4. The maximum atomic E-state index is 12.1. The van der Waals surface area contributed by atoms with Crippen LogP contribution in [0.15, 0.2) is 48.5 Å². The molecule has 0 radical (unpaired) electrons. The normalized spacial score (nSPS) is 17.2. The molecule has 1 atom stereocenters. The van der Waals surface area contributed by atoms with Crippen LogP contribution in [0, 0.1) is 5.92 Å². The molecule has 0 saturated carbocycles. The average Bonchev–Trinajstić information content (AvgIpc) is 3.10. The van der Waals surface area contributed by atoms with Crippen LogP contribution < -0.4 is 0 Å². The van der Waals surface area contributed by atoms with E-state index in [9.17, 15) is 14.7 Å².